The lowest BCUT2D eigenvalue weighted by molar-refractivity contribution is -0.140. The normalized spacial score (nSPS) is 21.4. The van der Waals surface area contributed by atoms with Crippen molar-refractivity contribution in [2.45, 2.75) is 82.8 Å². The molecule has 2 amide bonds. The zero-order chi connectivity index (χ0) is 30.2. The van der Waals surface area contributed by atoms with Crippen LogP contribution >= 0.6 is 11.6 Å². The molecule has 3 heterocycles. The van der Waals surface area contributed by atoms with Crippen molar-refractivity contribution in [3.8, 4) is 0 Å². The fourth-order valence-corrected chi connectivity index (χ4v) is 5.68. The van der Waals surface area contributed by atoms with Gasteiger partial charge in [0.05, 0.1) is 23.3 Å². The maximum atomic E-state index is 13.5. The van der Waals surface area contributed by atoms with Gasteiger partial charge in [0.15, 0.2) is 0 Å². The molecule has 0 bridgehead atoms. The zero-order valence-electron chi connectivity index (χ0n) is 23.7. The summed E-state index contributed by atoms with van der Waals surface area (Å²) < 4.78 is 47.8. The molecule has 2 fully saturated rings. The van der Waals surface area contributed by atoms with Crippen LogP contribution in [-0.2, 0) is 10.9 Å². The van der Waals surface area contributed by atoms with Gasteiger partial charge in [-0.3, -0.25) is 9.48 Å². The van der Waals surface area contributed by atoms with Gasteiger partial charge in [-0.2, -0.15) is 18.3 Å². The molecule has 3 aromatic rings. The van der Waals surface area contributed by atoms with Crippen LogP contribution in [0.15, 0.2) is 36.7 Å². The summed E-state index contributed by atoms with van der Waals surface area (Å²) in [7, 11) is 0. The lowest BCUT2D eigenvalue weighted by Crippen LogP contribution is -2.41. The van der Waals surface area contributed by atoms with E-state index in [4.69, 9.17) is 16.3 Å². The van der Waals surface area contributed by atoms with Crippen molar-refractivity contribution in [3.63, 3.8) is 0 Å². The fourth-order valence-electron chi connectivity index (χ4n) is 5.51. The largest absolute Gasteiger partial charge is 0.444 e. The van der Waals surface area contributed by atoms with Crippen LogP contribution in [0, 0.1) is 0 Å². The Balaban J connectivity index is 1.21. The van der Waals surface area contributed by atoms with E-state index in [1.54, 1.807) is 21.8 Å². The van der Waals surface area contributed by atoms with Crippen LogP contribution in [0.5, 0.6) is 0 Å². The number of carbonyl (C=O) groups excluding carboxylic acids is 2. The van der Waals surface area contributed by atoms with E-state index in [1.807, 2.05) is 20.8 Å². The highest BCUT2D eigenvalue weighted by Gasteiger charge is 2.34. The van der Waals surface area contributed by atoms with E-state index >= 15 is 0 Å². The van der Waals surface area contributed by atoms with E-state index in [0.717, 1.165) is 25.3 Å². The Morgan fingerprint density at radius 2 is 1.86 bits per heavy atom. The Kier molecular flexibility index (Phi) is 8.28. The molecular weight excluding hydrogens is 573 g/mol. The molecule has 226 valence electrons. The number of benzene rings is 1. The van der Waals surface area contributed by atoms with Crippen LogP contribution in [0.25, 0.3) is 10.9 Å². The fraction of sp³-hybridized carbons (Fsp3) is 0.517. The highest BCUT2D eigenvalue weighted by atomic mass is 35.5. The van der Waals surface area contributed by atoms with Crippen LogP contribution in [0.1, 0.15) is 75.0 Å². The van der Waals surface area contributed by atoms with E-state index < -0.39 is 17.5 Å². The Morgan fingerprint density at radius 1 is 1.10 bits per heavy atom. The number of anilines is 1. The molecule has 1 saturated heterocycles. The average molecular weight is 607 g/mol. The quantitative estimate of drug-likeness (QED) is 0.347. The van der Waals surface area contributed by atoms with Crippen molar-refractivity contribution in [1.29, 1.82) is 0 Å². The summed E-state index contributed by atoms with van der Waals surface area (Å²) in [6.45, 7) is 6.45. The molecule has 1 aliphatic carbocycles. The Labute approximate surface area is 246 Å². The van der Waals surface area contributed by atoms with E-state index in [0.29, 0.717) is 47.6 Å². The number of pyridine rings is 1. The van der Waals surface area contributed by atoms with E-state index in [1.165, 1.54) is 18.3 Å². The summed E-state index contributed by atoms with van der Waals surface area (Å²) >= 11 is 6.13. The molecule has 13 heteroatoms. The monoisotopic (exact) mass is 606 g/mol. The Morgan fingerprint density at radius 3 is 2.60 bits per heavy atom. The number of nitrogens with one attached hydrogen (secondary N) is 2. The topological polar surface area (TPSA) is 101 Å². The van der Waals surface area contributed by atoms with Gasteiger partial charge in [0, 0.05) is 47.5 Å². The van der Waals surface area contributed by atoms with Crippen LogP contribution < -0.4 is 10.6 Å². The van der Waals surface area contributed by atoms with Gasteiger partial charge >= 0.3 is 12.3 Å². The number of rotatable bonds is 5. The second kappa shape index (κ2) is 11.6. The number of hydrogen-bond acceptors (Lipinski definition) is 6. The first-order valence-corrected chi connectivity index (χ1v) is 14.4. The molecule has 9 nitrogen and oxygen atoms in total. The molecule has 1 saturated carbocycles. The number of halogens is 4. The molecule has 0 unspecified atom stereocenters. The third-order valence-corrected chi connectivity index (χ3v) is 7.72. The number of likely N-dealkylation sites (tertiary alicyclic amines) is 1. The second-order valence-corrected chi connectivity index (χ2v) is 12.4. The van der Waals surface area contributed by atoms with Crippen LogP contribution in [-0.4, -0.2) is 62.4 Å². The SMILES string of the molecule is CC(C)(C)OC(=O)N1CC[C@@H](n2cc(C(=O)N[C@@H]3CCC[C@H](Nc4cc(C(F)(F)F)nc5ccc(Cl)cc45)C3)cn2)C1. The highest BCUT2D eigenvalue weighted by molar-refractivity contribution is 6.31. The molecule has 0 spiro atoms. The van der Waals surface area contributed by atoms with Crippen LogP contribution in [0.2, 0.25) is 5.02 Å². The summed E-state index contributed by atoms with van der Waals surface area (Å²) in [5, 5.41) is 11.6. The lowest BCUT2D eigenvalue weighted by atomic mass is 9.90. The molecular formula is C29H34ClF3N6O3. The van der Waals surface area contributed by atoms with Gasteiger partial charge in [-0.25, -0.2) is 9.78 Å². The molecule has 0 radical (unpaired) electrons. The minimum atomic E-state index is -4.59. The molecule has 2 aliphatic rings. The number of nitrogens with zero attached hydrogens (tertiary/aromatic N) is 4. The predicted molar refractivity (Wildman–Crippen MR) is 153 cm³/mol. The Bertz CT molecular complexity index is 1470. The molecule has 1 aliphatic heterocycles. The van der Waals surface area contributed by atoms with Crippen molar-refractivity contribution in [1.82, 2.24) is 25.0 Å². The van der Waals surface area contributed by atoms with Gasteiger partial charge in [-0.05, 0) is 77.1 Å². The summed E-state index contributed by atoms with van der Waals surface area (Å²) in [6.07, 6.45) is 1.76. The summed E-state index contributed by atoms with van der Waals surface area (Å²) in [6, 6.07) is 5.22. The molecule has 42 heavy (non-hydrogen) atoms. The highest BCUT2D eigenvalue weighted by Crippen LogP contribution is 2.35. The van der Waals surface area contributed by atoms with Gasteiger partial charge in [0.2, 0.25) is 0 Å². The standard InChI is InChI=1S/C29H34ClF3N6O3/c1-28(2,3)42-27(41)38-10-9-21(16-38)39-15-17(14-34-39)26(40)36-20-6-4-5-19(12-20)35-24-13-25(29(31,32)33)37-23-8-7-18(30)11-22(23)24/h7-8,11,13-15,19-21H,4-6,9-10,12,16H2,1-3H3,(H,35,37)(H,36,40)/t19-,20+,21+/m0/s1. The van der Waals surface area contributed by atoms with Crippen molar-refractivity contribution in [3.05, 3.63) is 52.9 Å². The maximum absolute atomic E-state index is 13.5. The third-order valence-electron chi connectivity index (χ3n) is 7.48. The first-order valence-electron chi connectivity index (χ1n) is 14.0. The van der Waals surface area contributed by atoms with Crippen molar-refractivity contribution < 1.29 is 27.5 Å². The van der Waals surface area contributed by atoms with Gasteiger partial charge in [0.25, 0.3) is 5.91 Å². The molecule has 5 rings (SSSR count). The molecule has 1 aromatic carbocycles. The van der Waals surface area contributed by atoms with Gasteiger partial charge < -0.3 is 20.3 Å². The first kappa shape index (κ1) is 29.9. The van der Waals surface area contributed by atoms with Crippen molar-refractivity contribution in [2.75, 3.05) is 18.4 Å². The number of amides is 2. The third kappa shape index (κ3) is 7.08. The molecule has 2 aromatic heterocycles. The van der Waals surface area contributed by atoms with Gasteiger partial charge in [-0.1, -0.05) is 11.6 Å². The minimum absolute atomic E-state index is 0.0624. The first-order chi connectivity index (χ1) is 19.7. The lowest BCUT2D eigenvalue weighted by Gasteiger charge is -2.31. The maximum Gasteiger partial charge on any atom is 0.433 e. The van der Waals surface area contributed by atoms with E-state index in [9.17, 15) is 22.8 Å². The van der Waals surface area contributed by atoms with Crippen LogP contribution in [0.4, 0.5) is 23.7 Å². The van der Waals surface area contributed by atoms with Gasteiger partial charge in [-0.15, -0.1) is 0 Å². The molecule has 2 N–H and O–H groups in total. The zero-order valence-corrected chi connectivity index (χ0v) is 24.4. The smallest absolute Gasteiger partial charge is 0.433 e. The predicted octanol–water partition coefficient (Wildman–Crippen LogP) is 6.44. The van der Waals surface area contributed by atoms with E-state index in [2.05, 4.69) is 20.7 Å². The Hall–Kier alpha value is -3.54. The number of alkyl halides is 3. The van der Waals surface area contributed by atoms with Crippen molar-refractivity contribution >= 4 is 40.2 Å². The molecule has 3 atom stereocenters. The minimum Gasteiger partial charge on any atom is -0.444 e. The van der Waals surface area contributed by atoms with Crippen molar-refractivity contribution in [2.24, 2.45) is 0 Å². The van der Waals surface area contributed by atoms with Gasteiger partial charge in [0.1, 0.15) is 11.3 Å². The number of ether oxygens (including phenoxy) is 1. The second-order valence-electron chi connectivity index (χ2n) is 12.0. The van der Waals surface area contributed by atoms with E-state index in [-0.39, 0.29) is 35.6 Å². The van der Waals surface area contributed by atoms with Crippen LogP contribution in [0.3, 0.4) is 0 Å². The number of fused-ring (bicyclic) bond motifs is 1. The number of aromatic nitrogens is 3. The number of carbonyl (C=O) groups is 2. The average Bonchev–Trinajstić information content (AvgIpc) is 3.58. The summed E-state index contributed by atoms with van der Waals surface area (Å²) in [5.74, 6) is -0.269. The summed E-state index contributed by atoms with van der Waals surface area (Å²) in [4.78, 5) is 30.9. The summed E-state index contributed by atoms with van der Waals surface area (Å²) in [5.41, 5.74) is -0.638. The number of hydrogen-bond donors (Lipinski definition) is 2.